The molecule has 2 fully saturated rings. The fraction of sp³-hybridized carbons (Fsp3) is 0.625. The van der Waals surface area contributed by atoms with Crippen molar-refractivity contribution in [3.8, 4) is 0 Å². The molecule has 0 amide bonds. The van der Waals surface area contributed by atoms with Crippen molar-refractivity contribution in [1.82, 2.24) is 4.72 Å². The van der Waals surface area contributed by atoms with Gasteiger partial charge in [-0.05, 0) is 56.4 Å². The average Bonchev–Trinajstić information content (AvgIpc) is 2.99. The summed E-state index contributed by atoms with van der Waals surface area (Å²) in [5, 5.41) is 0. The number of sulfonamides is 1. The average molecular weight is 388 g/mol. The summed E-state index contributed by atoms with van der Waals surface area (Å²) < 4.78 is 55.6. The third-order valence-corrected chi connectivity index (χ3v) is 7.75. The van der Waals surface area contributed by atoms with Crippen molar-refractivity contribution in [2.24, 2.45) is 0 Å². The molecule has 140 valence electrons. The lowest BCUT2D eigenvalue weighted by molar-refractivity contribution is 0.557. The first-order valence-corrected chi connectivity index (χ1v) is 11.8. The van der Waals surface area contributed by atoms with Crippen LogP contribution < -0.4 is 13.7 Å². The van der Waals surface area contributed by atoms with Gasteiger partial charge in [0.15, 0.2) is 0 Å². The van der Waals surface area contributed by atoms with Gasteiger partial charge in [-0.2, -0.15) is 13.1 Å². The minimum absolute atomic E-state index is 0.00337. The zero-order chi connectivity index (χ0) is 18.1. The Labute approximate surface area is 150 Å². The maximum Gasteiger partial charge on any atom is 0.299 e. The minimum Gasteiger partial charge on any atom is -0.271 e. The number of rotatable bonds is 5. The van der Waals surface area contributed by atoms with Gasteiger partial charge >= 0.3 is 0 Å². The van der Waals surface area contributed by atoms with Crippen LogP contribution in [0.3, 0.4) is 0 Å². The summed E-state index contributed by atoms with van der Waals surface area (Å²) in [6.07, 6.45) is 5.34. The van der Waals surface area contributed by atoms with Crippen LogP contribution in [0.1, 0.15) is 44.1 Å². The summed E-state index contributed by atoms with van der Waals surface area (Å²) in [6, 6.07) is 4.95. The highest BCUT2D eigenvalue weighted by molar-refractivity contribution is 7.92. The number of hydrogen-bond acceptors (Lipinski definition) is 4. The van der Waals surface area contributed by atoms with Gasteiger partial charge in [-0.1, -0.05) is 12.8 Å². The molecule has 0 atom stereocenters. The van der Waals surface area contributed by atoms with E-state index < -0.39 is 20.2 Å². The Bertz CT molecular complexity index is 831. The Kier molecular flexibility index (Phi) is 5.26. The molecule has 2 aliphatic rings. The van der Waals surface area contributed by atoms with Crippen molar-refractivity contribution < 1.29 is 16.8 Å². The number of anilines is 2. The Morgan fingerprint density at radius 1 is 1.12 bits per heavy atom. The minimum atomic E-state index is -3.63. The molecule has 25 heavy (non-hydrogen) atoms. The molecule has 1 saturated heterocycles. The molecular formula is C16H25N3O4S2. The molecule has 1 saturated carbocycles. The fourth-order valence-corrected chi connectivity index (χ4v) is 6.38. The zero-order valence-corrected chi connectivity index (χ0v) is 16.0. The predicted molar refractivity (Wildman–Crippen MR) is 99.5 cm³/mol. The van der Waals surface area contributed by atoms with Crippen molar-refractivity contribution >= 4 is 31.6 Å². The molecular weight excluding hydrogens is 362 g/mol. The predicted octanol–water partition coefficient (Wildman–Crippen LogP) is 2.11. The van der Waals surface area contributed by atoms with E-state index in [1.807, 2.05) is 0 Å². The summed E-state index contributed by atoms with van der Waals surface area (Å²) in [7, 11) is -6.91. The Morgan fingerprint density at radius 2 is 1.84 bits per heavy atom. The van der Waals surface area contributed by atoms with Crippen molar-refractivity contribution in [3.63, 3.8) is 0 Å². The monoisotopic (exact) mass is 387 g/mol. The highest BCUT2D eigenvalue weighted by atomic mass is 32.2. The second kappa shape index (κ2) is 7.13. The van der Waals surface area contributed by atoms with Gasteiger partial charge in [0.05, 0.1) is 17.1 Å². The lowest BCUT2D eigenvalue weighted by Gasteiger charge is -2.29. The van der Waals surface area contributed by atoms with Crippen LogP contribution in [0, 0.1) is 6.92 Å². The molecule has 0 unspecified atom stereocenters. The van der Waals surface area contributed by atoms with E-state index >= 15 is 0 Å². The second-order valence-corrected chi connectivity index (χ2v) is 10.3. The summed E-state index contributed by atoms with van der Waals surface area (Å²) in [5.74, 6) is 0.159. The van der Waals surface area contributed by atoms with Gasteiger partial charge < -0.3 is 0 Å². The van der Waals surface area contributed by atoms with Crippen molar-refractivity contribution in [2.45, 2.75) is 51.5 Å². The van der Waals surface area contributed by atoms with Crippen molar-refractivity contribution in [3.05, 3.63) is 23.8 Å². The SMILES string of the molecule is Cc1cc(NS(=O)(=O)NC2CCCC2)ccc1N1CCCCS1(=O)=O. The second-order valence-electron chi connectivity index (χ2n) is 6.80. The van der Waals surface area contributed by atoms with Gasteiger partial charge in [-0.25, -0.2) is 8.42 Å². The molecule has 0 aromatic heterocycles. The number of aryl methyl sites for hydroxylation is 1. The first-order valence-electron chi connectivity index (χ1n) is 8.68. The third-order valence-electron chi connectivity index (χ3n) is 4.74. The first-order chi connectivity index (χ1) is 11.8. The van der Waals surface area contributed by atoms with E-state index in [1.54, 1.807) is 25.1 Å². The molecule has 1 aliphatic heterocycles. The van der Waals surface area contributed by atoms with Crippen LogP contribution in [0.4, 0.5) is 11.4 Å². The van der Waals surface area contributed by atoms with Crippen molar-refractivity contribution in [1.29, 1.82) is 0 Å². The van der Waals surface area contributed by atoms with E-state index in [9.17, 15) is 16.8 Å². The fourth-order valence-electron chi connectivity index (χ4n) is 3.51. The Hall–Kier alpha value is -1.32. The van der Waals surface area contributed by atoms with Crippen LogP contribution in [0.5, 0.6) is 0 Å². The van der Waals surface area contributed by atoms with E-state index in [2.05, 4.69) is 9.44 Å². The van der Waals surface area contributed by atoms with Crippen LogP contribution >= 0.6 is 0 Å². The largest absolute Gasteiger partial charge is 0.299 e. The number of nitrogens with zero attached hydrogens (tertiary/aromatic N) is 1. The van der Waals surface area contributed by atoms with Crippen LogP contribution in [-0.4, -0.2) is 35.2 Å². The van der Waals surface area contributed by atoms with Gasteiger partial charge in [0, 0.05) is 12.6 Å². The first kappa shape index (κ1) is 18.5. The van der Waals surface area contributed by atoms with Gasteiger partial charge in [0.2, 0.25) is 10.0 Å². The van der Waals surface area contributed by atoms with Crippen LogP contribution in [0.2, 0.25) is 0 Å². The molecule has 1 heterocycles. The maximum atomic E-state index is 12.2. The van der Waals surface area contributed by atoms with Crippen LogP contribution in [0.15, 0.2) is 18.2 Å². The molecule has 1 aliphatic carbocycles. The van der Waals surface area contributed by atoms with Crippen LogP contribution in [-0.2, 0) is 20.2 Å². The van der Waals surface area contributed by atoms with E-state index in [-0.39, 0.29) is 11.8 Å². The van der Waals surface area contributed by atoms with E-state index in [4.69, 9.17) is 0 Å². The molecule has 0 spiro atoms. The van der Waals surface area contributed by atoms with Crippen molar-refractivity contribution in [2.75, 3.05) is 21.3 Å². The van der Waals surface area contributed by atoms with Crippen LogP contribution in [0.25, 0.3) is 0 Å². The Balaban J connectivity index is 1.75. The van der Waals surface area contributed by atoms with E-state index in [0.29, 0.717) is 24.3 Å². The molecule has 3 rings (SSSR count). The lowest BCUT2D eigenvalue weighted by atomic mass is 10.1. The summed E-state index contributed by atoms with van der Waals surface area (Å²) in [4.78, 5) is 0. The maximum absolute atomic E-state index is 12.2. The number of hydrogen-bond donors (Lipinski definition) is 2. The number of benzene rings is 1. The quantitative estimate of drug-likeness (QED) is 0.809. The van der Waals surface area contributed by atoms with Gasteiger partial charge in [0.1, 0.15) is 0 Å². The topological polar surface area (TPSA) is 95.6 Å². The van der Waals surface area contributed by atoms with E-state index in [0.717, 1.165) is 37.7 Å². The smallest absolute Gasteiger partial charge is 0.271 e. The number of nitrogens with one attached hydrogen (secondary N) is 2. The molecule has 0 bridgehead atoms. The summed E-state index contributed by atoms with van der Waals surface area (Å²) in [5.41, 5.74) is 1.78. The summed E-state index contributed by atoms with van der Waals surface area (Å²) in [6.45, 7) is 2.26. The molecule has 9 heteroatoms. The molecule has 1 aromatic rings. The highest BCUT2D eigenvalue weighted by Crippen LogP contribution is 2.29. The van der Waals surface area contributed by atoms with E-state index in [1.165, 1.54) is 4.31 Å². The highest BCUT2D eigenvalue weighted by Gasteiger charge is 2.27. The summed E-state index contributed by atoms with van der Waals surface area (Å²) >= 11 is 0. The normalized spacial score (nSPS) is 21.4. The van der Waals surface area contributed by atoms with Gasteiger partial charge in [-0.15, -0.1) is 0 Å². The zero-order valence-electron chi connectivity index (χ0n) is 14.4. The molecule has 0 radical (unpaired) electrons. The molecule has 7 nitrogen and oxygen atoms in total. The van der Waals surface area contributed by atoms with Gasteiger partial charge in [0.25, 0.3) is 10.2 Å². The Morgan fingerprint density at radius 3 is 2.48 bits per heavy atom. The lowest BCUT2D eigenvalue weighted by Crippen LogP contribution is -2.38. The van der Waals surface area contributed by atoms with Gasteiger partial charge in [-0.3, -0.25) is 9.03 Å². The molecule has 1 aromatic carbocycles. The third kappa shape index (κ3) is 4.45. The standard InChI is InChI=1S/C16H25N3O4S2/c1-13-12-15(18-25(22,23)17-14-6-2-3-7-14)8-9-16(13)19-10-4-5-11-24(19,20)21/h8-9,12,14,17-18H,2-7,10-11H2,1H3. The molecule has 2 N–H and O–H groups in total.